The van der Waals surface area contributed by atoms with Gasteiger partial charge in [0.2, 0.25) is 0 Å². The standard InChI is InChI=1S/C24H19NO4/c26-22-20-13-7-8-14-21(20)23(27)25(22)19(15-17-9-3-1-4-10-17)16-29-24(28)18-11-5-2-6-12-18/h1-14,19H,15-16H2. The Morgan fingerprint density at radius 3 is 1.86 bits per heavy atom. The largest absolute Gasteiger partial charge is 0.460 e. The molecule has 144 valence electrons. The van der Waals surface area contributed by atoms with Crippen molar-refractivity contribution in [3.8, 4) is 0 Å². The van der Waals surface area contributed by atoms with Crippen molar-refractivity contribution in [1.82, 2.24) is 4.90 Å². The SMILES string of the molecule is O=C(OCC(Cc1ccccc1)N1C(=O)c2ccccc2C1=O)c1ccccc1. The summed E-state index contributed by atoms with van der Waals surface area (Å²) in [4.78, 5) is 39.4. The highest BCUT2D eigenvalue weighted by Gasteiger charge is 2.40. The molecule has 0 saturated heterocycles. The lowest BCUT2D eigenvalue weighted by molar-refractivity contribution is 0.0308. The van der Waals surface area contributed by atoms with Gasteiger partial charge in [0, 0.05) is 0 Å². The van der Waals surface area contributed by atoms with Crippen LogP contribution in [0.3, 0.4) is 0 Å². The minimum absolute atomic E-state index is 0.0753. The third-order valence-electron chi connectivity index (χ3n) is 4.92. The lowest BCUT2D eigenvalue weighted by Gasteiger charge is -2.26. The first-order valence-corrected chi connectivity index (χ1v) is 9.38. The number of imide groups is 1. The molecular formula is C24H19NO4. The van der Waals surface area contributed by atoms with E-state index < -0.39 is 12.0 Å². The summed E-state index contributed by atoms with van der Waals surface area (Å²) < 4.78 is 5.49. The van der Waals surface area contributed by atoms with Crippen LogP contribution < -0.4 is 0 Å². The highest BCUT2D eigenvalue weighted by atomic mass is 16.5. The Morgan fingerprint density at radius 1 is 0.759 bits per heavy atom. The van der Waals surface area contributed by atoms with Gasteiger partial charge in [0.1, 0.15) is 6.61 Å². The molecule has 1 atom stereocenters. The molecule has 0 N–H and O–H groups in total. The van der Waals surface area contributed by atoms with Gasteiger partial charge >= 0.3 is 5.97 Å². The molecule has 1 aliphatic heterocycles. The van der Waals surface area contributed by atoms with E-state index in [4.69, 9.17) is 4.74 Å². The number of amides is 2. The lowest BCUT2D eigenvalue weighted by atomic mass is 10.1. The first-order chi connectivity index (χ1) is 14.1. The van der Waals surface area contributed by atoms with Crippen molar-refractivity contribution < 1.29 is 19.1 Å². The van der Waals surface area contributed by atoms with Gasteiger partial charge < -0.3 is 4.74 Å². The van der Waals surface area contributed by atoms with E-state index in [-0.39, 0.29) is 18.4 Å². The van der Waals surface area contributed by atoms with E-state index in [0.717, 1.165) is 5.56 Å². The van der Waals surface area contributed by atoms with Crippen LogP contribution in [0.4, 0.5) is 0 Å². The van der Waals surface area contributed by atoms with Gasteiger partial charge in [-0.1, -0.05) is 60.7 Å². The summed E-state index contributed by atoms with van der Waals surface area (Å²) in [5.41, 5.74) is 2.13. The summed E-state index contributed by atoms with van der Waals surface area (Å²) in [7, 11) is 0. The average Bonchev–Trinajstić information content (AvgIpc) is 3.03. The van der Waals surface area contributed by atoms with Crippen LogP contribution in [-0.2, 0) is 11.2 Å². The molecule has 0 aliphatic carbocycles. The van der Waals surface area contributed by atoms with Gasteiger partial charge in [0.25, 0.3) is 11.8 Å². The maximum Gasteiger partial charge on any atom is 0.338 e. The maximum absolute atomic E-state index is 12.9. The third kappa shape index (κ3) is 3.80. The quantitative estimate of drug-likeness (QED) is 0.479. The van der Waals surface area contributed by atoms with Crippen LogP contribution in [-0.4, -0.2) is 35.3 Å². The van der Waals surface area contributed by atoms with E-state index in [9.17, 15) is 14.4 Å². The van der Waals surface area contributed by atoms with Crippen molar-refractivity contribution >= 4 is 17.8 Å². The van der Waals surface area contributed by atoms with Crippen LogP contribution in [0.5, 0.6) is 0 Å². The predicted molar refractivity (Wildman–Crippen MR) is 108 cm³/mol. The smallest absolute Gasteiger partial charge is 0.338 e. The molecule has 0 fully saturated rings. The van der Waals surface area contributed by atoms with Gasteiger partial charge in [-0.25, -0.2) is 4.79 Å². The summed E-state index contributed by atoms with van der Waals surface area (Å²) in [6.07, 6.45) is 0.397. The second-order valence-electron chi connectivity index (χ2n) is 6.83. The van der Waals surface area contributed by atoms with Crippen molar-refractivity contribution in [2.75, 3.05) is 6.61 Å². The van der Waals surface area contributed by atoms with Gasteiger partial charge in [-0.2, -0.15) is 0 Å². The molecule has 2 amide bonds. The number of esters is 1. The summed E-state index contributed by atoms with van der Waals surface area (Å²) in [5.74, 6) is -1.20. The molecule has 0 radical (unpaired) electrons. The monoisotopic (exact) mass is 385 g/mol. The number of ether oxygens (including phenoxy) is 1. The molecule has 0 saturated carbocycles. The molecule has 0 spiro atoms. The van der Waals surface area contributed by atoms with Crippen molar-refractivity contribution in [3.63, 3.8) is 0 Å². The van der Waals surface area contributed by atoms with Gasteiger partial charge in [-0.3, -0.25) is 14.5 Å². The molecule has 1 unspecified atom stereocenters. The van der Waals surface area contributed by atoms with Crippen LogP contribution in [0.2, 0.25) is 0 Å². The maximum atomic E-state index is 12.9. The highest BCUT2D eigenvalue weighted by Crippen LogP contribution is 2.26. The number of hydrogen-bond acceptors (Lipinski definition) is 4. The van der Waals surface area contributed by atoms with E-state index in [1.165, 1.54) is 4.90 Å². The van der Waals surface area contributed by atoms with Crippen molar-refractivity contribution in [2.24, 2.45) is 0 Å². The van der Waals surface area contributed by atoms with Crippen LogP contribution in [0.25, 0.3) is 0 Å². The molecule has 5 heteroatoms. The number of rotatable bonds is 6. The highest BCUT2D eigenvalue weighted by molar-refractivity contribution is 6.21. The van der Waals surface area contributed by atoms with Gasteiger partial charge in [-0.05, 0) is 36.2 Å². The zero-order valence-corrected chi connectivity index (χ0v) is 15.7. The van der Waals surface area contributed by atoms with E-state index >= 15 is 0 Å². The average molecular weight is 385 g/mol. The normalized spacial score (nSPS) is 13.9. The minimum Gasteiger partial charge on any atom is -0.460 e. The summed E-state index contributed by atoms with van der Waals surface area (Å²) in [6.45, 7) is -0.0753. The second kappa shape index (κ2) is 8.10. The van der Waals surface area contributed by atoms with Crippen molar-refractivity contribution in [1.29, 1.82) is 0 Å². The fraction of sp³-hybridized carbons (Fsp3) is 0.125. The van der Waals surface area contributed by atoms with Crippen LogP contribution in [0.15, 0.2) is 84.9 Å². The summed E-state index contributed by atoms with van der Waals surface area (Å²) >= 11 is 0. The first-order valence-electron chi connectivity index (χ1n) is 9.38. The Morgan fingerprint density at radius 2 is 1.28 bits per heavy atom. The molecule has 4 rings (SSSR count). The predicted octanol–water partition coefficient (Wildman–Crippen LogP) is 3.75. The Kier molecular flexibility index (Phi) is 5.20. The number of carbonyl (C=O) groups excluding carboxylic acids is 3. The second-order valence-corrected chi connectivity index (χ2v) is 6.83. The fourth-order valence-electron chi connectivity index (χ4n) is 3.48. The van der Waals surface area contributed by atoms with E-state index in [1.54, 1.807) is 48.5 Å². The van der Waals surface area contributed by atoms with Gasteiger partial charge in [0.05, 0.1) is 22.7 Å². The zero-order valence-electron chi connectivity index (χ0n) is 15.7. The Labute approximate surface area is 168 Å². The Bertz CT molecular complexity index is 1010. The molecule has 1 aliphatic rings. The van der Waals surface area contributed by atoms with E-state index in [0.29, 0.717) is 23.1 Å². The Hall–Kier alpha value is -3.73. The van der Waals surface area contributed by atoms with Crippen LogP contribution in [0.1, 0.15) is 36.6 Å². The third-order valence-corrected chi connectivity index (χ3v) is 4.92. The molecule has 3 aromatic rings. The molecule has 5 nitrogen and oxygen atoms in total. The first kappa shape index (κ1) is 18.6. The van der Waals surface area contributed by atoms with E-state index in [1.807, 2.05) is 36.4 Å². The van der Waals surface area contributed by atoms with Gasteiger partial charge in [-0.15, -0.1) is 0 Å². The molecule has 3 aromatic carbocycles. The van der Waals surface area contributed by atoms with Gasteiger partial charge in [0.15, 0.2) is 0 Å². The topological polar surface area (TPSA) is 63.7 Å². The number of fused-ring (bicyclic) bond motifs is 1. The number of nitrogens with zero attached hydrogens (tertiary/aromatic N) is 1. The molecule has 29 heavy (non-hydrogen) atoms. The molecule has 1 heterocycles. The molecule has 0 bridgehead atoms. The lowest BCUT2D eigenvalue weighted by Crippen LogP contribution is -2.44. The number of benzene rings is 3. The minimum atomic E-state index is -0.600. The fourth-order valence-corrected chi connectivity index (χ4v) is 3.48. The summed E-state index contributed by atoms with van der Waals surface area (Å²) in [6, 6.07) is 24.3. The molecule has 0 aromatic heterocycles. The van der Waals surface area contributed by atoms with Crippen LogP contribution >= 0.6 is 0 Å². The van der Waals surface area contributed by atoms with E-state index in [2.05, 4.69) is 0 Å². The number of hydrogen-bond donors (Lipinski definition) is 0. The molecular weight excluding hydrogens is 366 g/mol. The van der Waals surface area contributed by atoms with Crippen molar-refractivity contribution in [3.05, 3.63) is 107 Å². The summed E-state index contributed by atoms with van der Waals surface area (Å²) in [5, 5.41) is 0. The zero-order chi connectivity index (χ0) is 20.2. The van der Waals surface area contributed by atoms with Crippen LogP contribution in [0, 0.1) is 0 Å². The Balaban J connectivity index is 1.58. The number of carbonyl (C=O) groups is 3. The van der Waals surface area contributed by atoms with Crippen molar-refractivity contribution in [2.45, 2.75) is 12.5 Å².